The zero-order valence-electron chi connectivity index (χ0n) is 15.5. The van der Waals surface area contributed by atoms with Crippen molar-refractivity contribution in [1.82, 2.24) is 5.06 Å². The molecule has 1 aromatic carbocycles. The Morgan fingerprint density at radius 3 is 2.42 bits per heavy atom. The fourth-order valence-corrected chi connectivity index (χ4v) is 3.91. The minimum absolute atomic E-state index is 0.104. The second-order valence-electron chi connectivity index (χ2n) is 7.26. The molecule has 1 aromatic rings. The molecule has 1 saturated carbocycles. The number of hydroxylamine groups is 2. The standard InChI is InChI=1S/C19H25NO6/c1-18(22-3)19(2,23-4)26-17-14(25-18)10-13(21)15-16(17)20(15)24-11-12-8-6-5-7-9-12/h5-9,14-17H,10-11H2,1-4H3/t14?,15-,16-,17?,18-,19-,20?/m0/s1. The molecule has 0 amide bonds. The Labute approximate surface area is 153 Å². The van der Waals surface area contributed by atoms with Crippen LogP contribution < -0.4 is 0 Å². The highest BCUT2D eigenvalue weighted by Gasteiger charge is 2.69. The normalized spacial score (nSPS) is 44.3. The van der Waals surface area contributed by atoms with E-state index in [9.17, 15) is 4.79 Å². The molecule has 7 atom stereocenters. The SMILES string of the molecule is CO[C@@]1(C)OC2CC(=O)[C@H]3[C@@H](C2O[C@]1(C)OC)N3OCc1ccccc1. The quantitative estimate of drug-likeness (QED) is 0.737. The van der Waals surface area contributed by atoms with Crippen LogP contribution in [0.15, 0.2) is 30.3 Å². The van der Waals surface area contributed by atoms with Crippen molar-refractivity contribution in [1.29, 1.82) is 0 Å². The van der Waals surface area contributed by atoms with E-state index in [2.05, 4.69) is 0 Å². The van der Waals surface area contributed by atoms with E-state index in [-0.39, 0.29) is 36.5 Å². The molecule has 0 N–H and O–H groups in total. The molecule has 0 aromatic heterocycles. The van der Waals surface area contributed by atoms with Gasteiger partial charge in [-0.25, -0.2) is 0 Å². The molecule has 2 heterocycles. The van der Waals surface area contributed by atoms with Gasteiger partial charge in [0.25, 0.3) is 0 Å². The largest absolute Gasteiger partial charge is 0.349 e. The number of benzene rings is 1. The summed E-state index contributed by atoms with van der Waals surface area (Å²) in [7, 11) is 3.10. The maximum Gasteiger partial charge on any atom is 0.220 e. The fraction of sp³-hybridized carbons (Fsp3) is 0.632. The minimum Gasteiger partial charge on any atom is -0.349 e. The van der Waals surface area contributed by atoms with E-state index in [1.807, 2.05) is 30.3 Å². The first kappa shape index (κ1) is 18.0. The molecule has 3 unspecified atom stereocenters. The van der Waals surface area contributed by atoms with Crippen molar-refractivity contribution >= 4 is 5.78 Å². The highest BCUT2D eigenvalue weighted by molar-refractivity contribution is 5.89. The van der Waals surface area contributed by atoms with Crippen molar-refractivity contribution in [2.75, 3.05) is 14.2 Å². The van der Waals surface area contributed by atoms with Gasteiger partial charge >= 0.3 is 0 Å². The molecule has 7 nitrogen and oxygen atoms in total. The van der Waals surface area contributed by atoms with E-state index < -0.39 is 11.6 Å². The van der Waals surface area contributed by atoms with Gasteiger partial charge in [-0.1, -0.05) is 30.3 Å². The predicted octanol–water partition coefficient (Wildman–Crippen LogP) is 1.65. The number of hydrogen-bond donors (Lipinski definition) is 0. The molecule has 0 bridgehead atoms. The summed E-state index contributed by atoms with van der Waals surface area (Å²) in [6.45, 7) is 3.96. The van der Waals surface area contributed by atoms with Gasteiger partial charge in [0.2, 0.25) is 11.6 Å². The lowest BCUT2D eigenvalue weighted by atomic mass is 9.90. The van der Waals surface area contributed by atoms with Gasteiger partial charge in [0.1, 0.15) is 12.1 Å². The van der Waals surface area contributed by atoms with Gasteiger partial charge in [-0.05, 0) is 19.4 Å². The fourth-order valence-electron chi connectivity index (χ4n) is 3.91. The van der Waals surface area contributed by atoms with Crippen LogP contribution in [0.1, 0.15) is 25.8 Å². The number of ether oxygens (including phenoxy) is 4. The monoisotopic (exact) mass is 363 g/mol. The van der Waals surface area contributed by atoms with Crippen molar-refractivity contribution in [3.05, 3.63) is 35.9 Å². The Morgan fingerprint density at radius 2 is 1.77 bits per heavy atom. The lowest BCUT2D eigenvalue weighted by molar-refractivity contribution is -0.449. The number of fused-ring (bicyclic) bond motifs is 3. The molecule has 1 aliphatic carbocycles. The summed E-state index contributed by atoms with van der Waals surface area (Å²) in [6, 6.07) is 9.41. The van der Waals surface area contributed by atoms with E-state index in [0.717, 1.165) is 5.56 Å². The summed E-state index contributed by atoms with van der Waals surface area (Å²) in [5.41, 5.74) is 1.05. The molecule has 3 fully saturated rings. The summed E-state index contributed by atoms with van der Waals surface area (Å²) in [6.07, 6.45) is -0.431. The Hall–Kier alpha value is -1.35. The van der Waals surface area contributed by atoms with Crippen LogP contribution in [0.3, 0.4) is 0 Å². The third-order valence-electron chi connectivity index (χ3n) is 5.80. The summed E-state index contributed by atoms with van der Waals surface area (Å²) in [5.74, 6) is -2.07. The third-order valence-corrected chi connectivity index (χ3v) is 5.80. The van der Waals surface area contributed by atoms with Crippen molar-refractivity contribution in [2.24, 2.45) is 0 Å². The molecular weight excluding hydrogens is 338 g/mol. The zero-order valence-corrected chi connectivity index (χ0v) is 15.5. The van der Waals surface area contributed by atoms with Crippen LogP contribution >= 0.6 is 0 Å². The highest BCUT2D eigenvalue weighted by Crippen LogP contribution is 2.49. The van der Waals surface area contributed by atoms with Crippen LogP contribution in [0.4, 0.5) is 0 Å². The Kier molecular flexibility index (Phi) is 4.42. The van der Waals surface area contributed by atoms with Crippen LogP contribution in [0.2, 0.25) is 0 Å². The van der Waals surface area contributed by atoms with Gasteiger partial charge in [-0.2, -0.15) is 5.06 Å². The summed E-state index contributed by atoms with van der Waals surface area (Å²) in [5, 5.41) is 1.73. The van der Waals surface area contributed by atoms with Crippen molar-refractivity contribution in [3.8, 4) is 0 Å². The Bertz CT molecular complexity index is 684. The lowest BCUT2D eigenvalue weighted by Crippen LogP contribution is -2.67. The second-order valence-corrected chi connectivity index (χ2v) is 7.26. The van der Waals surface area contributed by atoms with Crippen LogP contribution in [0.5, 0.6) is 0 Å². The molecule has 2 saturated heterocycles. The van der Waals surface area contributed by atoms with E-state index in [1.54, 1.807) is 33.1 Å². The van der Waals surface area contributed by atoms with Crippen LogP contribution in [0.25, 0.3) is 0 Å². The number of methoxy groups -OCH3 is 2. The number of carbonyl (C=O) groups excluding carboxylic acids is 1. The average Bonchev–Trinajstić information content (AvgIpc) is 3.38. The number of nitrogens with zero attached hydrogens (tertiary/aromatic N) is 1. The maximum atomic E-state index is 12.5. The van der Waals surface area contributed by atoms with Gasteiger partial charge in [0.05, 0.1) is 18.8 Å². The molecule has 4 rings (SSSR count). The van der Waals surface area contributed by atoms with E-state index >= 15 is 0 Å². The van der Waals surface area contributed by atoms with E-state index in [0.29, 0.717) is 6.61 Å². The van der Waals surface area contributed by atoms with Crippen molar-refractivity contribution in [3.63, 3.8) is 0 Å². The number of hydrogen-bond acceptors (Lipinski definition) is 7. The van der Waals surface area contributed by atoms with Crippen molar-refractivity contribution in [2.45, 2.75) is 62.7 Å². The van der Waals surface area contributed by atoms with Crippen LogP contribution in [-0.4, -0.2) is 60.9 Å². The molecular formula is C19H25NO6. The third kappa shape index (κ3) is 2.70. The smallest absolute Gasteiger partial charge is 0.220 e. The van der Waals surface area contributed by atoms with Gasteiger partial charge in [-0.3, -0.25) is 9.63 Å². The number of rotatable bonds is 5. The van der Waals surface area contributed by atoms with Gasteiger partial charge < -0.3 is 18.9 Å². The number of ketones is 1. The molecule has 0 radical (unpaired) electrons. The van der Waals surface area contributed by atoms with Gasteiger partial charge in [-0.15, -0.1) is 0 Å². The molecule has 7 heteroatoms. The zero-order chi connectivity index (χ0) is 18.5. The van der Waals surface area contributed by atoms with Crippen LogP contribution in [-0.2, 0) is 35.2 Å². The topological polar surface area (TPSA) is 66.2 Å². The summed E-state index contributed by atoms with van der Waals surface area (Å²) < 4.78 is 23.5. The van der Waals surface area contributed by atoms with E-state index in [1.165, 1.54) is 0 Å². The Balaban J connectivity index is 1.50. The Morgan fingerprint density at radius 1 is 1.12 bits per heavy atom. The first-order valence-corrected chi connectivity index (χ1v) is 8.86. The predicted molar refractivity (Wildman–Crippen MR) is 90.8 cm³/mol. The van der Waals surface area contributed by atoms with Gasteiger partial charge in [0.15, 0.2) is 5.78 Å². The molecule has 26 heavy (non-hydrogen) atoms. The van der Waals surface area contributed by atoms with E-state index in [4.69, 9.17) is 23.8 Å². The first-order valence-electron chi connectivity index (χ1n) is 8.86. The van der Waals surface area contributed by atoms with Gasteiger partial charge in [0, 0.05) is 20.6 Å². The summed E-state index contributed by atoms with van der Waals surface area (Å²) in [4.78, 5) is 18.4. The van der Waals surface area contributed by atoms with Crippen molar-refractivity contribution < 1.29 is 28.6 Å². The highest BCUT2D eigenvalue weighted by atomic mass is 16.8. The molecule has 3 aliphatic rings. The molecule has 2 aliphatic heterocycles. The number of carbonyl (C=O) groups is 1. The number of Topliss-reactive ketones (excluding diaryl/α,β-unsaturated/α-hetero) is 1. The summed E-state index contributed by atoms with van der Waals surface area (Å²) >= 11 is 0. The minimum atomic E-state index is -1.10. The maximum absolute atomic E-state index is 12.5. The second kappa shape index (κ2) is 6.37. The van der Waals surface area contributed by atoms with Crippen LogP contribution in [0, 0.1) is 0 Å². The average molecular weight is 363 g/mol. The molecule has 142 valence electrons. The molecule has 0 spiro atoms. The first-order chi connectivity index (χ1) is 12.4. The lowest BCUT2D eigenvalue weighted by Gasteiger charge is -2.52.